The van der Waals surface area contributed by atoms with E-state index >= 15 is 0 Å². The minimum atomic E-state index is -0.311. The summed E-state index contributed by atoms with van der Waals surface area (Å²) in [7, 11) is 1.64. The molecule has 1 aliphatic carbocycles. The van der Waals surface area contributed by atoms with Gasteiger partial charge in [0.05, 0.1) is 13.2 Å². The van der Waals surface area contributed by atoms with E-state index in [1.807, 2.05) is 38.1 Å². The molecule has 4 heteroatoms. The van der Waals surface area contributed by atoms with Gasteiger partial charge in [-0.05, 0) is 30.5 Å². The first-order valence-corrected chi connectivity index (χ1v) is 7.04. The molecule has 4 nitrogen and oxygen atoms in total. The van der Waals surface area contributed by atoms with Gasteiger partial charge in [0.15, 0.2) is 0 Å². The number of carbonyl (C=O) groups is 1. The molecule has 0 bridgehead atoms. The molecule has 2 rings (SSSR count). The van der Waals surface area contributed by atoms with Crippen LogP contribution < -0.4 is 10.1 Å². The Morgan fingerprint density at radius 3 is 2.55 bits per heavy atom. The quantitative estimate of drug-likeness (QED) is 0.864. The third-order valence-corrected chi connectivity index (χ3v) is 4.35. The van der Waals surface area contributed by atoms with Crippen LogP contribution in [-0.4, -0.2) is 30.3 Å². The number of benzene rings is 1. The minimum absolute atomic E-state index is 0.0470. The first kappa shape index (κ1) is 14.9. The van der Waals surface area contributed by atoms with E-state index in [-0.39, 0.29) is 23.5 Å². The van der Waals surface area contributed by atoms with Crippen molar-refractivity contribution in [3.63, 3.8) is 0 Å². The number of aryl methyl sites for hydroxylation is 1. The van der Waals surface area contributed by atoms with Crippen molar-refractivity contribution in [2.75, 3.05) is 7.11 Å². The molecule has 20 heavy (non-hydrogen) atoms. The van der Waals surface area contributed by atoms with Crippen molar-refractivity contribution >= 4 is 5.91 Å². The van der Waals surface area contributed by atoms with E-state index in [1.165, 1.54) is 0 Å². The lowest BCUT2D eigenvalue weighted by Gasteiger charge is -2.49. The highest BCUT2D eigenvalue weighted by atomic mass is 16.5. The predicted molar refractivity (Wildman–Crippen MR) is 77.7 cm³/mol. The van der Waals surface area contributed by atoms with Crippen molar-refractivity contribution in [3.05, 3.63) is 29.8 Å². The molecule has 1 amide bonds. The SMILES string of the molecule is COc1ccc(CCC(=O)NC2CC(O)C2(C)C)cc1. The highest BCUT2D eigenvalue weighted by molar-refractivity contribution is 5.76. The molecule has 1 fully saturated rings. The fraction of sp³-hybridized carbons (Fsp3) is 0.562. The van der Waals surface area contributed by atoms with Crippen LogP contribution in [0.2, 0.25) is 0 Å². The minimum Gasteiger partial charge on any atom is -0.497 e. The largest absolute Gasteiger partial charge is 0.497 e. The molecule has 0 radical (unpaired) electrons. The molecule has 1 aromatic carbocycles. The Morgan fingerprint density at radius 1 is 1.40 bits per heavy atom. The molecule has 1 saturated carbocycles. The lowest BCUT2D eigenvalue weighted by Crippen LogP contribution is -2.61. The summed E-state index contributed by atoms with van der Waals surface area (Å²) in [6.45, 7) is 3.96. The topological polar surface area (TPSA) is 58.6 Å². The average molecular weight is 277 g/mol. The third kappa shape index (κ3) is 3.12. The molecule has 2 atom stereocenters. The molecule has 1 aliphatic rings. The van der Waals surface area contributed by atoms with Gasteiger partial charge in [-0.1, -0.05) is 26.0 Å². The number of ether oxygens (including phenoxy) is 1. The van der Waals surface area contributed by atoms with E-state index in [9.17, 15) is 9.90 Å². The standard InChI is InChI=1S/C16H23NO3/c1-16(2)13(10-14(16)18)17-15(19)9-6-11-4-7-12(20-3)8-5-11/h4-5,7-8,13-14,18H,6,9-10H2,1-3H3,(H,17,19). The summed E-state index contributed by atoms with van der Waals surface area (Å²) < 4.78 is 5.10. The lowest BCUT2D eigenvalue weighted by atomic mass is 9.64. The summed E-state index contributed by atoms with van der Waals surface area (Å²) in [5.74, 6) is 0.870. The average Bonchev–Trinajstić information content (AvgIpc) is 2.45. The van der Waals surface area contributed by atoms with E-state index in [2.05, 4.69) is 5.32 Å². The first-order chi connectivity index (χ1) is 9.43. The van der Waals surface area contributed by atoms with Crippen LogP contribution in [0, 0.1) is 5.41 Å². The number of hydrogen-bond acceptors (Lipinski definition) is 3. The number of nitrogens with one attached hydrogen (secondary N) is 1. The van der Waals surface area contributed by atoms with Crippen molar-refractivity contribution in [1.82, 2.24) is 5.32 Å². The Balaban J connectivity index is 1.78. The number of aliphatic hydroxyl groups is 1. The Labute approximate surface area is 120 Å². The molecule has 2 N–H and O–H groups in total. The van der Waals surface area contributed by atoms with Crippen LogP contribution in [0.1, 0.15) is 32.3 Å². The van der Waals surface area contributed by atoms with Crippen molar-refractivity contribution in [2.45, 2.75) is 45.3 Å². The number of amides is 1. The van der Waals surface area contributed by atoms with Gasteiger partial charge in [0.25, 0.3) is 0 Å². The zero-order chi connectivity index (χ0) is 14.8. The van der Waals surface area contributed by atoms with E-state index in [0.717, 1.165) is 11.3 Å². The fourth-order valence-corrected chi connectivity index (χ4v) is 2.46. The number of rotatable bonds is 5. The molecule has 110 valence electrons. The summed E-state index contributed by atoms with van der Waals surface area (Å²) >= 11 is 0. The van der Waals surface area contributed by atoms with Crippen LogP contribution in [0.5, 0.6) is 5.75 Å². The fourth-order valence-electron chi connectivity index (χ4n) is 2.46. The molecule has 0 aromatic heterocycles. The van der Waals surface area contributed by atoms with E-state index in [0.29, 0.717) is 19.3 Å². The predicted octanol–water partition coefficient (Wildman–Crippen LogP) is 1.90. The van der Waals surface area contributed by atoms with Gasteiger partial charge in [0.1, 0.15) is 5.75 Å². The van der Waals surface area contributed by atoms with Crippen molar-refractivity contribution in [2.24, 2.45) is 5.41 Å². The maximum absolute atomic E-state index is 11.9. The second-order valence-electron chi connectivity index (χ2n) is 6.04. The van der Waals surface area contributed by atoms with Gasteiger partial charge >= 0.3 is 0 Å². The lowest BCUT2D eigenvalue weighted by molar-refractivity contribution is -0.129. The number of carbonyl (C=O) groups excluding carboxylic acids is 1. The van der Waals surface area contributed by atoms with Gasteiger partial charge in [0.2, 0.25) is 5.91 Å². The number of hydrogen-bond donors (Lipinski definition) is 2. The highest BCUT2D eigenvalue weighted by Crippen LogP contribution is 2.40. The molecule has 0 heterocycles. The molecular weight excluding hydrogens is 254 g/mol. The molecular formula is C16H23NO3. The van der Waals surface area contributed by atoms with E-state index < -0.39 is 0 Å². The van der Waals surface area contributed by atoms with Crippen LogP contribution in [-0.2, 0) is 11.2 Å². The Hall–Kier alpha value is -1.55. The summed E-state index contributed by atoms with van der Waals surface area (Å²) in [5, 5.41) is 12.7. The second-order valence-corrected chi connectivity index (χ2v) is 6.04. The second kappa shape index (κ2) is 5.83. The number of methoxy groups -OCH3 is 1. The Bertz CT molecular complexity index is 467. The van der Waals surface area contributed by atoms with E-state index in [1.54, 1.807) is 7.11 Å². The van der Waals surface area contributed by atoms with Gasteiger partial charge in [-0.2, -0.15) is 0 Å². The Morgan fingerprint density at radius 2 is 2.05 bits per heavy atom. The van der Waals surface area contributed by atoms with E-state index in [4.69, 9.17) is 4.74 Å². The van der Waals surface area contributed by atoms with Crippen molar-refractivity contribution in [1.29, 1.82) is 0 Å². The molecule has 0 spiro atoms. The normalized spacial score (nSPS) is 23.8. The maximum atomic E-state index is 11.9. The number of aliphatic hydroxyl groups excluding tert-OH is 1. The van der Waals surface area contributed by atoms with Crippen LogP contribution >= 0.6 is 0 Å². The summed E-state index contributed by atoms with van der Waals surface area (Å²) in [6, 6.07) is 7.84. The molecule has 0 aliphatic heterocycles. The third-order valence-electron chi connectivity index (χ3n) is 4.35. The zero-order valence-corrected chi connectivity index (χ0v) is 12.3. The van der Waals surface area contributed by atoms with Gasteiger partial charge in [-0.3, -0.25) is 4.79 Å². The van der Waals surface area contributed by atoms with Crippen LogP contribution in [0.3, 0.4) is 0 Å². The van der Waals surface area contributed by atoms with Gasteiger partial charge in [-0.15, -0.1) is 0 Å². The summed E-state index contributed by atoms with van der Waals surface area (Å²) in [4.78, 5) is 11.9. The monoisotopic (exact) mass is 277 g/mol. The molecule has 2 unspecified atom stereocenters. The smallest absolute Gasteiger partial charge is 0.220 e. The first-order valence-electron chi connectivity index (χ1n) is 7.04. The summed E-state index contributed by atoms with van der Waals surface area (Å²) in [6.07, 6.45) is 1.52. The van der Waals surface area contributed by atoms with Crippen LogP contribution in [0.25, 0.3) is 0 Å². The zero-order valence-electron chi connectivity index (χ0n) is 12.3. The van der Waals surface area contributed by atoms with Gasteiger partial charge < -0.3 is 15.2 Å². The van der Waals surface area contributed by atoms with Crippen LogP contribution in [0.15, 0.2) is 24.3 Å². The molecule has 1 aromatic rings. The Kier molecular flexibility index (Phi) is 4.33. The van der Waals surface area contributed by atoms with Crippen molar-refractivity contribution < 1.29 is 14.6 Å². The highest BCUT2D eigenvalue weighted by Gasteiger charge is 2.47. The van der Waals surface area contributed by atoms with Gasteiger partial charge in [0, 0.05) is 17.9 Å². The van der Waals surface area contributed by atoms with Crippen LogP contribution in [0.4, 0.5) is 0 Å². The van der Waals surface area contributed by atoms with Crippen molar-refractivity contribution in [3.8, 4) is 5.75 Å². The van der Waals surface area contributed by atoms with Gasteiger partial charge in [-0.25, -0.2) is 0 Å². The molecule has 0 saturated heterocycles. The maximum Gasteiger partial charge on any atom is 0.220 e. The summed E-state index contributed by atoms with van der Waals surface area (Å²) in [5.41, 5.74) is 0.907.